The van der Waals surface area contributed by atoms with E-state index in [1.165, 1.54) is 12.0 Å². The molecular weight excluding hydrogens is 228 g/mol. The summed E-state index contributed by atoms with van der Waals surface area (Å²) in [5.74, 6) is 0.464. The number of benzene rings is 1. The first-order chi connectivity index (χ1) is 8.85. The summed E-state index contributed by atoms with van der Waals surface area (Å²) < 4.78 is 16.6. The third-order valence-electron chi connectivity index (χ3n) is 3.57. The Morgan fingerprint density at radius 2 is 1.94 bits per heavy atom. The lowest BCUT2D eigenvalue weighted by atomic mass is 9.87. The lowest BCUT2D eigenvalue weighted by Crippen LogP contribution is -2.42. The standard InChI is InChI=1S/C15H22O3/c1-16-15(17-2)14-13(9-6-10-18-14)11-12-7-4-3-5-8-12/h3-5,7-8,13-15H,6,9-11H2,1-2H3/t13-,14+/m0/s1. The molecule has 0 N–H and O–H groups in total. The highest BCUT2D eigenvalue weighted by Crippen LogP contribution is 2.28. The third-order valence-corrected chi connectivity index (χ3v) is 3.57. The van der Waals surface area contributed by atoms with Crippen molar-refractivity contribution in [2.75, 3.05) is 20.8 Å². The number of rotatable bonds is 5. The summed E-state index contributed by atoms with van der Waals surface area (Å²) in [5, 5.41) is 0. The van der Waals surface area contributed by atoms with Crippen LogP contribution in [0.15, 0.2) is 30.3 Å². The Kier molecular flexibility index (Phi) is 5.17. The van der Waals surface area contributed by atoms with Crippen molar-refractivity contribution in [1.82, 2.24) is 0 Å². The van der Waals surface area contributed by atoms with Gasteiger partial charge in [0.1, 0.15) is 6.10 Å². The van der Waals surface area contributed by atoms with Gasteiger partial charge in [0.15, 0.2) is 6.29 Å². The predicted octanol–water partition coefficient (Wildman–Crippen LogP) is 2.64. The van der Waals surface area contributed by atoms with Gasteiger partial charge in [-0.1, -0.05) is 30.3 Å². The molecule has 2 atom stereocenters. The second-order valence-corrected chi connectivity index (χ2v) is 4.77. The normalized spacial score (nSPS) is 24.4. The zero-order valence-corrected chi connectivity index (χ0v) is 11.2. The van der Waals surface area contributed by atoms with E-state index < -0.39 is 0 Å². The van der Waals surface area contributed by atoms with Crippen LogP contribution in [-0.4, -0.2) is 33.2 Å². The van der Waals surface area contributed by atoms with Gasteiger partial charge in [0.05, 0.1) is 0 Å². The van der Waals surface area contributed by atoms with Gasteiger partial charge in [-0.3, -0.25) is 0 Å². The molecule has 0 aromatic heterocycles. The minimum atomic E-state index is -0.265. The molecule has 0 radical (unpaired) electrons. The van der Waals surface area contributed by atoms with Crippen LogP contribution in [0.4, 0.5) is 0 Å². The van der Waals surface area contributed by atoms with Crippen LogP contribution in [0.1, 0.15) is 18.4 Å². The number of methoxy groups -OCH3 is 2. The summed E-state index contributed by atoms with van der Waals surface area (Å²) >= 11 is 0. The van der Waals surface area contributed by atoms with Crippen molar-refractivity contribution in [3.63, 3.8) is 0 Å². The second-order valence-electron chi connectivity index (χ2n) is 4.77. The van der Waals surface area contributed by atoms with E-state index in [9.17, 15) is 0 Å². The molecule has 0 spiro atoms. The molecule has 1 aromatic rings. The van der Waals surface area contributed by atoms with Crippen molar-refractivity contribution in [3.8, 4) is 0 Å². The van der Waals surface area contributed by atoms with Crippen molar-refractivity contribution in [2.24, 2.45) is 5.92 Å². The minimum Gasteiger partial charge on any atom is -0.373 e. The lowest BCUT2D eigenvalue weighted by Gasteiger charge is -2.35. The predicted molar refractivity (Wildman–Crippen MR) is 70.4 cm³/mol. The SMILES string of the molecule is COC(OC)[C@@H]1OCCC[C@H]1Cc1ccccc1. The molecule has 1 aliphatic rings. The third kappa shape index (κ3) is 3.31. The van der Waals surface area contributed by atoms with E-state index in [1.54, 1.807) is 14.2 Å². The molecule has 18 heavy (non-hydrogen) atoms. The zero-order chi connectivity index (χ0) is 12.8. The van der Waals surface area contributed by atoms with E-state index in [1.807, 2.05) is 6.07 Å². The largest absolute Gasteiger partial charge is 0.373 e. The monoisotopic (exact) mass is 250 g/mol. The summed E-state index contributed by atoms with van der Waals surface area (Å²) in [6.07, 6.45) is 3.08. The van der Waals surface area contributed by atoms with Crippen LogP contribution in [-0.2, 0) is 20.6 Å². The first-order valence-corrected chi connectivity index (χ1v) is 6.56. The summed E-state index contributed by atoms with van der Waals surface area (Å²) in [7, 11) is 3.34. The van der Waals surface area contributed by atoms with Crippen molar-refractivity contribution in [2.45, 2.75) is 31.7 Å². The molecule has 1 aromatic carbocycles. The zero-order valence-electron chi connectivity index (χ0n) is 11.2. The summed E-state index contributed by atoms with van der Waals surface area (Å²) in [5.41, 5.74) is 1.35. The number of ether oxygens (including phenoxy) is 3. The first-order valence-electron chi connectivity index (χ1n) is 6.56. The van der Waals surface area contributed by atoms with Crippen LogP contribution in [0, 0.1) is 5.92 Å². The highest BCUT2D eigenvalue weighted by Gasteiger charge is 2.33. The van der Waals surface area contributed by atoms with Crippen molar-refractivity contribution in [1.29, 1.82) is 0 Å². The van der Waals surface area contributed by atoms with Gasteiger partial charge in [0, 0.05) is 20.8 Å². The maximum atomic E-state index is 5.86. The Balaban J connectivity index is 2.03. The van der Waals surface area contributed by atoms with Crippen molar-refractivity contribution in [3.05, 3.63) is 35.9 Å². The highest BCUT2D eigenvalue weighted by atomic mass is 16.7. The molecule has 3 nitrogen and oxygen atoms in total. The molecule has 100 valence electrons. The van der Waals surface area contributed by atoms with Gasteiger partial charge in [-0.05, 0) is 30.7 Å². The van der Waals surface area contributed by atoms with Crippen molar-refractivity contribution < 1.29 is 14.2 Å². The minimum absolute atomic E-state index is 0.0361. The van der Waals surface area contributed by atoms with Crippen LogP contribution in [0.5, 0.6) is 0 Å². The second kappa shape index (κ2) is 6.88. The Morgan fingerprint density at radius 3 is 2.61 bits per heavy atom. The Labute approximate surface area is 109 Å². The van der Waals surface area contributed by atoms with E-state index >= 15 is 0 Å². The summed E-state index contributed by atoms with van der Waals surface area (Å²) in [6.45, 7) is 0.805. The van der Waals surface area contributed by atoms with E-state index in [0.717, 1.165) is 19.4 Å². The fourth-order valence-electron chi connectivity index (χ4n) is 2.67. The smallest absolute Gasteiger partial charge is 0.183 e. The van der Waals surface area contributed by atoms with Gasteiger partial charge in [0.2, 0.25) is 0 Å². The van der Waals surface area contributed by atoms with Crippen molar-refractivity contribution >= 4 is 0 Å². The molecule has 0 unspecified atom stereocenters. The molecule has 0 amide bonds. The maximum absolute atomic E-state index is 5.86. The average molecular weight is 250 g/mol. The molecule has 1 fully saturated rings. The van der Waals surface area contributed by atoms with Gasteiger partial charge in [-0.25, -0.2) is 0 Å². The van der Waals surface area contributed by atoms with Crippen LogP contribution < -0.4 is 0 Å². The van der Waals surface area contributed by atoms with Gasteiger partial charge in [-0.15, -0.1) is 0 Å². The summed E-state index contributed by atoms with van der Waals surface area (Å²) in [6, 6.07) is 10.5. The highest BCUT2D eigenvalue weighted by molar-refractivity contribution is 5.15. The molecule has 1 saturated heterocycles. The van der Waals surface area contributed by atoms with Crippen LogP contribution >= 0.6 is 0 Å². The van der Waals surface area contributed by atoms with E-state index in [4.69, 9.17) is 14.2 Å². The number of hydrogen-bond donors (Lipinski definition) is 0. The van der Waals surface area contributed by atoms with E-state index in [0.29, 0.717) is 5.92 Å². The van der Waals surface area contributed by atoms with Gasteiger partial charge in [-0.2, -0.15) is 0 Å². The molecule has 1 aliphatic heterocycles. The maximum Gasteiger partial charge on any atom is 0.183 e. The summed E-state index contributed by atoms with van der Waals surface area (Å²) in [4.78, 5) is 0. The molecule has 0 saturated carbocycles. The average Bonchev–Trinajstić information content (AvgIpc) is 2.43. The molecule has 3 heteroatoms. The van der Waals surface area contributed by atoms with Crippen LogP contribution in [0.3, 0.4) is 0 Å². The van der Waals surface area contributed by atoms with Crippen LogP contribution in [0.2, 0.25) is 0 Å². The molecule has 1 heterocycles. The van der Waals surface area contributed by atoms with E-state index in [-0.39, 0.29) is 12.4 Å². The molecular formula is C15H22O3. The van der Waals surface area contributed by atoms with E-state index in [2.05, 4.69) is 24.3 Å². The molecule has 0 bridgehead atoms. The fourth-order valence-corrected chi connectivity index (χ4v) is 2.67. The molecule has 0 aliphatic carbocycles. The Morgan fingerprint density at radius 1 is 1.22 bits per heavy atom. The van der Waals surface area contributed by atoms with Gasteiger partial charge in [0.25, 0.3) is 0 Å². The quantitative estimate of drug-likeness (QED) is 0.752. The number of hydrogen-bond acceptors (Lipinski definition) is 3. The molecule has 2 rings (SSSR count). The Hall–Kier alpha value is -0.900. The fraction of sp³-hybridized carbons (Fsp3) is 0.600. The lowest BCUT2D eigenvalue weighted by molar-refractivity contribution is -0.207. The van der Waals surface area contributed by atoms with Crippen LogP contribution in [0.25, 0.3) is 0 Å². The Bertz CT molecular complexity index is 335. The van der Waals surface area contributed by atoms with Gasteiger partial charge < -0.3 is 14.2 Å². The van der Waals surface area contributed by atoms with Gasteiger partial charge >= 0.3 is 0 Å². The topological polar surface area (TPSA) is 27.7 Å². The first kappa shape index (κ1) is 13.5.